The van der Waals surface area contributed by atoms with Crippen LogP contribution < -0.4 is 4.74 Å². The molecule has 1 aromatic rings. The maximum absolute atomic E-state index is 12.6. The van der Waals surface area contributed by atoms with Crippen LogP contribution in [0.3, 0.4) is 0 Å². The average molecular weight is 334 g/mol. The van der Waals surface area contributed by atoms with Crippen molar-refractivity contribution < 1.29 is 22.3 Å². The Hall–Kier alpha value is -1.01. The number of rotatable bonds is 5. The van der Waals surface area contributed by atoms with E-state index in [1.807, 2.05) is 6.92 Å². The minimum Gasteiger partial charge on any atom is -0.491 e. The molecule has 1 rings (SSSR count). The number of benzene rings is 1. The highest BCUT2D eigenvalue weighted by Crippen LogP contribution is 2.37. The summed E-state index contributed by atoms with van der Waals surface area (Å²) in [5.74, 6) is 0.209. The third-order valence-electron chi connectivity index (χ3n) is 3.95. The van der Waals surface area contributed by atoms with Gasteiger partial charge in [-0.15, -0.1) is 0 Å². The molecule has 0 heterocycles. The van der Waals surface area contributed by atoms with Gasteiger partial charge in [0.05, 0.1) is 11.7 Å². The summed E-state index contributed by atoms with van der Waals surface area (Å²) in [7, 11) is -1.91. The maximum atomic E-state index is 12.6. The summed E-state index contributed by atoms with van der Waals surface area (Å²) in [6, 6.07) is 4.91. The maximum Gasteiger partial charge on any atom is 0.416 e. The number of ether oxygens (including phenoxy) is 1. The van der Waals surface area contributed by atoms with Crippen LogP contribution in [0, 0.1) is 0 Å². The minimum atomic E-state index is -4.36. The van der Waals surface area contributed by atoms with E-state index in [0.717, 1.165) is 12.1 Å². The molecule has 6 heteroatoms. The van der Waals surface area contributed by atoms with E-state index < -0.39 is 20.1 Å². The van der Waals surface area contributed by atoms with Crippen LogP contribution in [0.25, 0.3) is 0 Å². The molecule has 0 fully saturated rings. The molecule has 0 aromatic heterocycles. The molecule has 0 aliphatic carbocycles. The molecule has 0 radical (unpaired) electrons. The van der Waals surface area contributed by atoms with Crippen molar-refractivity contribution in [3.63, 3.8) is 0 Å². The molecule has 0 saturated heterocycles. The molecule has 22 heavy (non-hydrogen) atoms. The van der Waals surface area contributed by atoms with E-state index in [2.05, 4.69) is 33.9 Å². The van der Waals surface area contributed by atoms with Crippen molar-refractivity contribution in [3.8, 4) is 5.75 Å². The third-order valence-corrected chi connectivity index (χ3v) is 8.55. The van der Waals surface area contributed by atoms with Gasteiger partial charge in [-0.05, 0) is 43.3 Å². The Morgan fingerprint density at radius 1 is 1.14 bits per heavy atom. The molecule has 0 saturated carbocycles. The predicted octanol–water partition coefficient (Wildman–Crippen LogP) is 5.49. The summed E-state index contributed by atoms with van der Waals surface area (Å²) in [6.07, 6.45) is -4.53. The number of hydrogen-bond acceptors (Lipinski definition) is 2. The van der Waals surface area contributed by atoms with Crippen LogP contribution in [-0.2, 0) is 10.6 Å². The fourth-order valence-corrected chi connectivity index (χ4v) is 3.12. The first-order valence-corrected chi connectivity index (χ1v) is 10.2. The smallest absolute Gasteiger partial charge is 0.416 e. The van der Waals surface area contributed by atoms with Crippen LogP contribution in [-0.4, -0.2) is 21.0 Å². The Kier molecular flexibility index (Phi) is 5.73. The largest absolute Gasteiger partial charge is 0.491 e. The Morgan fingerprint density at radius 2 is 1.73 bits per heavy atom. The van der Waals surface area contributed by atoms with E-state index in [-0.39, 0.29) is 23.5 Å². The van der Waals surface area contributed by atoms with Crippen LogP contribution in [0.5, 0.6) is 5.75 Å². The molecule has 0 unspecified atom stereocenters. The molecule has 1 atom stereocenters. The molecular weight excluding hydrogens is 309 g/mol. The van der Waals surface area contributed by atoms with E-state index in [9.17, 15) is 13.2 Å². The zero-order chi connectivity index (χ0) is 17.2. The first-order valence-electron chi connectivity index (χ1n) is 7.31. The van der Waals surface area contributed by atoms with Crippen molar-refractivity contribution in [1.82, 2.24) is 0 Å². The molecule has 0 bridgehead atoms. The Labute approximate surface area is 131 Å². The van der Waals surface area contributed by atoms with E-state index in [1.54, 1.807) is 0 Å². The molecule has 2 nitrogen and oxygen atoms in total. The minimum absolute atomic E-state index is 0.0808. The summed E-state index contributed by atoms with van der Waals surface area (Å²) in [5, 5.41) is 0.0808. The summed E-state index contributed by atoms with van der Waals surface area (Å²) in [4.78, 5) is 0. The Morgan fingerprint density at radius 3 is 2.23 bits per heavy atom. The van der Waals surface area contributed by atoms with Gasteiger partial charge in [0.1, 0.15) is 12.4 Å². The first-order chi connectivity index (χ1) is 9.83. The first kappa shape index (κ1) is 19.0. The summed E-state index contributed by atoms with van der Waals surface area (Å²) in [5.41, 5.74) is -0.706. The quantitative estimate of drug-likeness (QED) is 0.662. The molecule has 126 valence electrons. The Bertz CT molecular complexity index is 493. The lowest BCUT2D eigenvalue weighted by molar-refractivity contribution is -0.137. The van der Waals surface area contributed by atoms with Gasteiger partial charge in [0, 0.05) is 0 Å². The molecule has 0 aliphatic rings. The van der Waals surface area contributed by atoms with Gasteiger partial charge in [-0.25, -0.2) is 0 Å². The van der Waals surface area contributed by atoms with Crippen LogP contribution >= 0.6 is 0 Å². The van der Waals surface area contributed by atoms with Gasteiger partial charge in [-0.3, -0.25) is 0 Å². The van der Waals surface area contributed by atoms with E-state index in [1.165, 1.54) is 12.1 Å². The number of alkyl halides is 3. The highest BCUT2D eigenvalue weighted by atomic mass is 28.4. The van der Waals surface area contributed by atoms with Crippen molar-refractivity contribution >= 4 is 8.32 Å². The average Bonchev–Trinajstić information content (AvgIpc) is 2.34. The van der Waals surface area contributed by atoms with Gasteiger partial charge in [0.25, 0.3) is 0 Å². The van der Waals surface area contributed by atoms with Crippen LogP contribution in [0.4, 0.5) is 13.2 Å². The van der Waals surface area contributed by atoms with Crippen LogP contribution in [0.1, 0.15) is 33.3 Å². The van der Waals surface area contributed by atoms with Gasteiger partial charge in [-0.2, -0.15) is 13.2 Å². The highest BCUT2D eigenvalue weighted by Gasteiger charge is 2.38. The summed E-state index contributed by atoms with van der Waals surface area (Å²) in [6.45, 7) is 12.8. The molecule has 0 spiro atoms. The van der Waals surface area contributed by atoms with E-state index in [0.29, 0.717) is 0 Å². The zero-order valence-electron chi connectivity index (χ0n) is 14.0. The topological polar surface area (TPSA) is 18.5 Å². The van der Waals surface area contributed by atoms with Crippen LogP contribution in [0.15, 0.2) is 24.3 Å². The van der Waals surface area contributed by atoms with Crippen molar-refractivity contribution in [2.75, 3.05) is 6.61 Å². The standard InChI is InChI=1S/C16H25F3O2Si/c1-12(21-22(5,6)15(2,3)4)11-20-14-9-7-8-13(10-14)16(17,18)19/h7-10,12H,11H2,1-6H3/t12-/m1/s1. The SMILES string of the molecule is C[C@H](COc1cccc(C(F)(F)F)c1)O[Si](C)(C)C(C)(C)C. The number of halogens is 3. The van der Waals surface area contributed by atoms with Gasteiger partial charge < -0.3 is 9.16 Å². The van der Waals surface area contributed by atoms with Gasteiger partial charge >= 0.3 is 6.18 Å². The van der Waals surface area contributed by atoms with Gasteiger partial charge in [0.2, 0.25) is 0 Å². The van der Waals surface area contributed by atoms with Crippen molar-refractivity contribution in [1.29, 1.82) is 0 Å². The number of hydrogen-bond donors (Lipinski definition) is 0. The second kappa shape index (κ2) is 6.62. The molecular formula is C16H25F3O2Si. The zero-order valence-corrected chi connectivity index (χ0v) is 15.0. The normalized spacial score (nSPS) is 14.8. The third kappa shape index (κ3) is 5.32. The summed E-state index contributed by atoms with van der Waals surface area (Å²) < 4.78 is 49.5. The molecule has 0 amide bonds. The highest BCUT2D eigenvalue weighted by molar-refractivity contribution is 6.74. The van der Waals surface area contributed by atoms with Crippen LogP contribution in [0.2, 0.25) is 18.1 Å². The second-order valence-corrected chi connectivity index (χ2v) is 11.8. The monoisotopic (exact) mass is 334 g/mol. The fourth-order valence-electron chi connectivity index (χ4n) is 1.69. The lowest BCUT2D eigenvalue weighted by atomic mass is 10.2. The van der Waals surface area contributed by atoms with Crippen molar-refractivity contribution in [2.45, 2.75) is 58.1 Å². The van der Waals surface area contributed by atoms with Gasteiger partial charge in [-0.1, -0.05) is 26.8 Å². The summed E-state index contributed by atoms with van der Waals surface area (Å²) >= 11 is 0. The van der Waals surface area contributed by atoms with E-state index in [4.69, 9.17) is 9.16 Å². The molecule has 1 aromatic carbocycles. The molecule has 0 aliphatic heterocycles. The predicted molar refractivity (Wildman–Crippen MR) is 84.7 cm³/mol. The fraction of sp³-hybridized carbons (Fsp3) is 0.625. The lowest BCUT2D eigenvalue weighted by Crippen LogP contribution is -2.44. The lowest BCUT2D eigenvalue weighted by Gasteiger charge is -2.38. The Balaban J connectivity index is 2.64. The van der Waals surface area contributed by atoms with Gasteiger partial charge in [0.15, 0.2) is 8.32 Å². The van der Waals surface area contributed by atoms with Crippen molar-refractivity contribution in [3.05, 3.63) is 29.8 Å². The second-order valence-electron chi connectivity index (χ2n) is 7.03. The molecule has 0 N–H and O–H groups in total. The van der Waals surface area contributed by atoms with E-state index >= 15 is 0 Å². The van der Waals surface area contributed by atoms with Crippen molar-refractivity contribution in [2.24, 2.45) is 0 Å².